The van der Waals surface area contributed by atoms with Crippen LogP contribution in [0, 0.1) is 30.6 Å². The first kappa shape index (κ1) is 43.0. The van der Waals surface area contributed by atoms with Crippen molar-refractivity contribution in [2.75, 3.05) is 16.6 Å². The van der Waals surface area contributed by atoms with Gasteiger partial charge in [-0.3, -0.25) is 9.44 Å². The van der Waals surface area contributed by atoms with E-state index in [1.807, 2.05) is 24.3 Å². The van der Waals surface area contributed by atoms with Crippen LogP contribution in [0.15, 0.2) is 155 Å². The molecule has 0 aliphatic heterocycles. The summed E-state index contributed by atoms with van der Waals surface area (Å²) < 4.78 is 70.2. The average Bonchev–Trinajstić information content (AvgIpc) is 3.30. The van der Waals surface area contributed by atoms with Crippen molar-refractivity contribution in [2.45, 2.75) is 42.4 Å². The van der Waals surface area contributed by atoms with E-state index in [9.17, 15) is 26.4 Å². The zero-order chi connectivity index (χ0) is 44.8. The molecule has 0 saturated carbocycles. The Bertz CT molecular complexity index is 3340. The van der Waals surface area contributed by atoms with Crippen LogP contribution >= 0.6 is 0 Å². The van der Waals surface area contributed by atoms with Gasteiger partial charge in [0.1, 0.15) is 5.75 Å². The molecule has 0 radical (unpaired) electrons. The molecule has 0 saturated heterocycles. The number of sulfonamides is 2. The molecule has 2 N–H and O–H groups in total. The average molecular weight is 885 g/mol. The van der Waals surface area contributed by atoms with Crippen LogP contribution in [-0.2, 0) is 37.6 Å². The molecule has 0 aromatic heterocycles. The van der Waals surface area contributed by atoms with E-state index >= 15 is 0 Å². The van der Waals surface area contributed by atoms with Crippen molar-refractivity contribution in [3.05, 3.63) is 196 Å². The van der Waals surface area contributed by atoms with Crippen molar-refractivity contribution >= 4 is 54.1 Å². The summed E-state index contributed by atoms with van der Waals surface area (Å²) in [5.74, 6) is 11.1. The highest BCUT2D eigenvalue weighted by atomic mass is 32.2. The number of ether oxygens (including phenoxy) is 2. The zero-order valence-corrected chi connectivity index (χ0v) is 36.4. The number of carbonyl (C=O) groups excluding carboxylic acids is 2. The maximum absolute atomic E-state index is 13.7. The number of nitrogens with one attached hydrogen (secondary N) is 2. The van der Waals surface area contributed by atoms with Crippen LogP contribution in [-0.4, -0.2) is 35.9 Å². The molecule has 64 heavy (non-hydrogen) atoms. The van der Waals surface area contributed by atoms with Crippen LogP contribution in [0.5, 0.6) is 5.75 Å². The van der Waals surface area contributed by atoms with Crippen molar-refractivity contribution in [1.29, 1.82) is 0 Å². The van der Waals surface area contributed by atoms with Crippen molar-refractivity contribution in [2.24, 2.45) is 0 Å². The normalized spacial score (nSPS) is 12.1. The number of esters is 2. The second kappa shape index (κ2) is 18.4. The molecule has 0 fully saturated rings. The fourth-order valence-electron chi connectivity index (χ4n) is 7.48. The third kappa shape index (κ3) is 9.54. The Labute approximate surface area is 372 Å². The van der Waals surface area contributed by atoms with E-state index < -0.39 is 32.0 Å². The van der Waals surface area contributed by atoms with Crippen molar-refractivity contribution < 1.29 is 35.9 Å². The minimum absolute atomic E-state index is 0.125. The quantitative estimate of drug-likeness (QED) is 0.0829. The standard InChI is InChI=1S/C52H40N2O8S2/c1-35-33-37(22-25-40-13-5-9-17-47(40)53-63(57,58)43-29-28-38-11-3-4-14-42(38)34-43)23-30-44(35)52(56)62-51(55)41-26-20-36(21-27-41)19-24-39-12-6-10-18-48(39)54-64(59,60)50-32-31-49(61-2)45-15-7-8-16-46(45)50/h3-6,9-14,17-18,20-21,23,26-34,53-54H,7-8,15-16H2,1-2H3. The van der Waals surface area contributed by atoms with E-state index in [-0.39, 0.29) is 20.9 Å². The number of benzene rings is 7. The van der Waals surface area contributed by atoms with Crippen LogP contribution < -0.4 is 14.2 Å². The Morgan fingerprint density at radius 3 is 1.83 bits per heavy atom. The lowest BCUT2D eigenvalue weighted by Gasteiger charge is -2.22. The van der Waals surface area contributed by atoms with Gasteiger partial charge in [0.15, 0.2) is 0 Å². The summed E-state index contributed by atoms with van der Waals surface area (Å²) in [5, 5.41) is 1.73. The third-order valence-electron chi connectivity index (χ3n) is 10.8. The molecular weight excluding hydrogens is 845 g/mol. The van der Waals surface area contributed by atoms with Crippen molar-refractivity contribution in [3.63, 3.8) is 0 Å². The number of aryl methyl sites for hydroxylation is 1. The smallest absolute Gasteiger partial charge is 0.346 e. The summed E-state index contributed by atoms with van der Waals surface area (Å²) >= 11 is 0. The number of methoxy groups -OCH3 is 1. The first-order valence-corrected chi connectivity index (χ1v) is 23.3. The van der Waals surface area contributed by atoms with E-state index in [1.165, 1.54) is 18.2 Å². The highest BCUT2D eigenvalue weighted by molar-refractivity contribution is 7.93. The monoisotopic (exact) mass is 884 g/mol. The maximum atomic E-state index is 13.7. The van der Waals surface area contributed by atoms with Crippen LogP contribution in [0.1, 0.15) is 72.5 Å². The van der Waals surface area contributed by atoms with Gasteiger partial charge in [0.2, 0.25) is 0 Å². The largest absolute Gasteiger partial charge is 0.496 e. The van der Waals surface area contributed by atoms with Crippen molar-refractivity contribution in [3.8, 4) is 29.4 Å². The molecule has 0 spiro atoms. The Hall–Kier alpha value is -7.64. The van der Waals surface area contributed by atoms with Gasteiger partial charge < -0.3 is 9.47 Å². The van der Waals surface area contributed by atoms with Gasteiger partial charge in [0.25, 0.3) is 20.0 Å². The Morgan fingerprint density at radius 2 is 1.16 bits per heavy atom. The van der Waals surface area contributed by atoms with Gasteiger partial charge in [0.05, 0.1) is 39.4 Å². The molecule has 0 heterocycles. The van der Waals surface area contributed by atoms with E-state index in [0.717, 1.165) is 41.2 Å². The minimum Gasteiger partial charge on any atom is -0.496 e. The van der Waals surface area contributed by atoms with E-state index in [1.54, 1.807) is 117 Å². The van der Waals surface area contributed by atoms with Crippen LogP contribution in [0.4, 0.5) is 11.4 Å². The molecule has 12 heteroatoms. The molecule has 7 aromatic rings. The highest BCUT2D eigenvalue weighted by Crippen LogP contribution is 2.35. The lowest BCUT2D eigenvalue weighted by atomic mass is 9.91. The highest BCUT2D eigenvalue weighted by Gasteiger charge is 2.26. The van der Waals surface area contributed by atoms with Gasteiger partial charge in [-0.25, -0.2) is 26.4 Å². The molecule has 318 valence electrons. The summed E-state index contributed by atoms with van der Waals surface area (Å²) in [7, 11) is -6.28. The summed E-state index contributed by atoms with van der Waals surface area (Å²) in [6, 6.07) is 40.4. The molecule has 1 aliphatic rings. The SMILES string of the molecule is COc1ccc(S(=O)(=O)Nc2ccccc2C#Cc2ccc(C(=O)OC(=O)c3ccc(C#Cc4ccccc4NS(=O)(=O)c4ccc5ccccc5c4)cc3C)cc2)c2c1CCCC2. The Morgan fingerprint density at radius 1 is 0.562 bits per heavy atom. The lowest BCUT2D eigenvalue weighted by molar-refractivity contribution is 0.0397. The molecule has 0 atom stereocenters. The van der Waals surface area contributed by atoms with Gasteiger partial charge >= 0.3 is 11.9 Å². The molecule has 0 amide bonds. The van der Waals surface area contributed by atoms with E-state index in [4.69, 9.17) is 9.47 Å². The molecular formula is C52H40N2O8S2. The summed E-state index contributed by atoms with van der Waals surface area (Å²) in [6.07, 6.45) is 3.27. The number of hydrogen-bond donors (Lipinski definition) is 2. The van der Waals surface area contributed by atoms with Gasteiger partial charge in [-0.15, -0.1) is 0 Å². The summed E-state index contributed by atoms with van der Waals surface area (Å²) in [5.41, 5.74) is 5.18. The first-order chi connectivity index (χ1) is 30.9. The van der Waals surface area contributed by atoms with E-state index in [2.05, 4.69) is 33.1 Å². The molecule has 7 aromatic carbocycles. The lowest BCUT2D eigenvalue weighted by Crippen LogP contribution is -2.18. The van der Waals surface area contributed by atoms with Gasteiger partial charge in [-0.1, -0.05) is 78.3 Å². The molecule has 0 unspecified atom stereocenters. The molecule has 0 bridgehead atoms. The fraction of sp³-hybridized carbons (Fsp3) is 0.115. The summed E-state index contributed by atoms with van der Waals surface area (Å²) in [4.78, 5) is 26.5. The van der Waals surface area contributed by atoms with Crippen LogP contribution in [0.25, 0.3) is 10.8 Å². The number of fused-ring (bicyclic) bond motifs is 2. The maximum Gasteiger partial charge on any atom is 0.346 e. The number of anilines is 2. The molecule has 8 rings (SSSR count). The predicted octanol–water partition coefficient (Wildman–Crippen LogP) is 9.43. The van der Waals surface area contributed by atoms with Crippen LogP contribution in [0.3, 0.4) is 0 Å². The first-order valence-electron chi connectivity index (χ1n) is 20.3. The Balaban J connectivity index is 0.910. The fourth-order valence-corrected chi connectivity index (χ4v) is 9.97. The number of carbonyl (C=O) groups is 2. The van der Waals surface area contributed by atoms with Crippen LogP contribution in [0.2, 0.25) is 0 Å². The predicted molar refractivity (Wildman–Crippen MR) is 247 cm³/mol. The molecule has 10 nitrogen and oxygen atoms in total. The third-order valence-corrected chi connectivity index (χ3v) is 13.6. The zero-order valence-electron chi connectivity index (χ0n) is 34.8. The van der Waals surface area contributed by atoms with Crippen molar-refractivity contribution in [1.82, 2.24) is 0 Å². The molecule has 1 aliphatic carbocycles. The second-order valence-electron chi connectivity index (χ2n) is 15.0. The minimum atomic E-state index is -3.94. The number of rotatable bonds is 9. The topological polar surface area (TPSA) is 145 Å². The second-order valence-corrected chi connectivity index (χ2v) is 18.4. The van der Waals surface area contributed by atoms with Gasteiger partial charge in [-0.05, 0) is 151 Å². The number of para-hydroxylation sites is 2. The van der Waals surface area contributed by atoms with Gasteiger partial charge in [0, 0.05) is 22.3 Å². The van der Waals surface area contributed by atoms with Gasteiger partial charge in [-0.2, -0.15) is 0 Å². The summed E-state index contributed by atoms with van der Waals surface area (Å²) in [6.45, 7) is 1.69. The Kier molecular flexibility index (Phi) is 12.4. The number of hydrogen-bond acceptors (Lipinski definition) is 8. The van der Waals surface area contributed by atoms with E-state index in [0.29, 0.717) is 51.4 Å².